The van der Waals surface area contributed by atoms with E-state index in [-0.39, 0.29) is 24.9 Å². The number of ether oxygens (including phenoxy) is 1. The second kappa shape index (κ2) is 9.59. The number of rotatable bonds is 9. The number of amides is 1. The Morgan fingerprint density at radius 3 is 2.54 bits per heavy atom. The van der Waals surface area contributed by atoms with Crippen LogP contribution in [-0.4, -0.2) is 34.2 Å². The number of anilines is 1. The van der Waals surface area contributed by atoms with Gasteiger partial charge in [-0.25, -0.2) is 8.42 Å². The number of hydrogen-bond acceptors (Lipinski definition) is 4. The maximum Gasteiger partial charge on any atom is 0.232 e. The normalized spacial score (nSPS) is 12.3. The first-order valence-corrected chi connectivity index (χ1v) is 11.0. The highest BCUT2D eigenvalue weighted by Crippen LogP contribution is 2.23. The summed E-state index contributed by atoms with van der Waals surface area (Å²) in [4.78, 5) is 12.3. The fourth-order valence-corrected chi connectivity index (χ4v) is 4.06. The highest BCUT2D eigenvalue weighted by Gasteiger charge is 2.18. The molecule has 2 aromatic rings. The van der Waals surface area contributed by atoms with E-state index in [0.717, 1.165) is 17.4 Å². The number of aryl methyl sites for hydroxylation is 1. The highest BCUT2D eigenvalue weighted by atomic mass is 32.2. The largest absolute Gasteiger partial charge is 0.497 e. The molecule has 0 spiro atoms. The molecule has 152 valence electrons. The summed E-state index contributed by atoms with van der Waals surface area (Å²) in [5.41, 5.74) is 2.72. The fourth-order valence-electron chi connectivity index (χ4n) is 3.10. The van der Waals surface area contributed by atoms with Crippen molar-refractivity contribution < 1.29 is 17.9 Å². The zero-order chi connectivity index (χ0) is 20.7. The van der Waals surface area contributed by atoms with E-state index in [1.165, 1.54) is 11.4 Å². The van der Waals surface area contributed by atoms with Gasteiger partial charge in [0, 0.05) is 19.0 Å². The van der Waals surface area contributed by atoms with Gasteiger partial charge in [-0.05, 0) is 43.5 Å². The van der Waals surface area contributed by atoms with E-state index >= 15 is 0 Å². The molecule has 0 aromatic heterocycles. The van der Waals surface area contributed by atoms with E-state index in [1.807, 2.05) is 38.1 Å². The van der Waals surface area contributed by atoms with Crippen LogP contribution < -0.4 is 14.4 Å². The first kappa shape index (κ1) is 21.8. The molecule has 1 atom stereocenters. The topological polar surface area (TPSA) is 75.7 Å². The molecular formula is C21H28N2O4S. The number of nitrogens with one attached hydrogen (secondary N) is 1. The Balaban J connectivity index is 1.96. The summed E-state index contributed by atoms with van der Waals surface area (Å²) in [7, 11) is -1.93. The third kappa shape index (κ3) is 5.99. The van der Waals surface area contributed by atoms with Crippen molar-refractivity contribution in [3.8, 4) is 5.75 Å². The van der Waals surface area contributed by atoms with E-state index in [1.54, 1.807) is 24.3 Å². The molecule has 1 unspecified atom stereocenters. The van der Waals surface area contributed by atoms with Crippen molar-refractivity contribution in [2.45, 2.75) is 32.7 Å². The van der Waals surface area contributed by atoms with Gasteiger partial charge in [0.05, 0.1) is 25.1 Å². The lowest BCUT2D eigenvalue weighted by molar-refractivity contribution is -0.121. The first-order chi connectivity index (χ1) is 13.2. The summed E-state index contributed by atoms with van der Waals surface area (Å²) < 4.78 is 30.9. The highest BCUT2D eigenvalue weighted by molar-refractivity contribution is 7.92. The molecule has 0 saturated heterocycles. The quantitative estimate of drug-likeness (QED) is 0.695. The minimum atomic E-state index is -3.47. The van der Waals surface area contributed by atoms with Gasteiger partial charge >= 0.3 is 0 Å². The van der Waals surface area contributed by atoms with Crippen LogP contribution in [0.4, 0.5) is 5.69 Å². The molecule has 0 saturated carbocycles. The summed E-state index contributed by atoms with van der Waals surface area (Å²) >= 11 is 0. The summed E-state index contributed by atoms with van der Waals surface area (Å²) in [5, 5.41) is 2.98. The van der Waals surface area contributed by atoms with Crippen LogP contribution in [0.1, 0.15) is 36.9 Å². The maximum atomic E-state index is 12.3. The maximum absolute atomic E-state index is 12.3. The second-order valence-corrected chi connectivity index (χ2v) is 8.69. The van der Waals surface area contributed by atoms with Gasteiger partial charge in [-0.1, -0.05) is 30.3 Å². The number of carbonyl (C=O) groups is 1. The molecule has 1 N–H and O–H groups in total. The molecule has 2 rings (SSSR count). The summed E-state index contributed by atoms with van der Waals surface area (Å²) in [6, 6.07) is 14.7. The van der Waals surface area contributed by atoms with Gasteiger partial charge in [0.15, 0.2) is 0 Å². The van der Waals surface area contributed by atoms with Crippen molar-refractivity contribution in [2.75, 3.05) is 24.2 Å². The van der Waals surface area contributed by atoms with Gasteiger partial charge in [-0.15, -0.1) is 0 Å². The van der Waals surface area contributed by atoms with Crippen LogP contribution in [-0.2, 0) is 14.8 Å². The van der Waals surface area contributed by atoms with Crippen LogP contribution in [0, 0.1) is 6.92 Å². The first-order valence-electron chi connectivity index (χ1n) is 9.19. The number of nitrogens with zero attached hydrogens (tertiary/aromatic N) is 1. The minimum Gasteiger partial charge on any atom is -0.497 e. The van der Waals surface area contributed by atoms with Crippen LogP contribution >= 0.6 is 0 Å². The number of carbonyl (C=O) groups excluding carboxylic acids is 1. The number of sulfonamides is 1. The average molecular weight is 405 g/mol. The van der Waals surface area contributed by atoms with Crippen molar-refractivity contribution in [2.24, 2.45) is 0 Å². The molecule has 0 aliphatic carbocycles. The molecule has 1 amide bonds. The van der Waals surface area contributed by atoms with E-state index in [9.17, 15) is 13.2 Å². The number of methoxy groups -OCH3 is 1. The molecule has 6 nitrogen and oxygen atoms in total. The lowest BCUT2D eigenvalue weighted by atomic mass is 10.0. The molecular weight excluding hydrogens is 376 g/mol. The SMILES string of the molecule is COc1cccc(N(CCCC(=O)NC(C)c2ccccc2C)S(C)(=O)=O)c1. The van der Waals surface area contributed by atoms with Gasteiger partial charge < -0.3 is 10.1 Å². The van der Waals surface area contributed by atoms with Crippen LogP contribution in [0.5, 0.6) is 5.75 Å². The standard InChI is InChI=1S/C21H28N2O4S/c1-16-9-5-6-12-20(16)17(2)22-21(24)13-8-14-23(28(4,25)26)18-10-7-11-19(15-18)27-3/h5-7,9-12,15,17H,8,13-14H2,1-4H3,(H,22,24). The smallest absolute Gasteiger partial charge is 0.232 e. The van der Waals surface area contributed by atoms with Crippen LogP contribution in [0.2, 0.25) is 0 Å². The molecule has 0 bridgehead atoms. The molecule has 0 heterocycles. The molecule has 0 fully saturated rings. The van der Waals surface area contributed by atoms with Gasteiger partial charge in [-0.3, -0.25) is 9.10 Å². The van der Waals surface area contributed by atoms with Gasteiger partial charge in [0.2, 0.25) is 15.9 Å². The fraction of sp³-hybridized carbons (Fsp3) is 0.381. The zero-order valence-electron chi connectivity index (χ0n) is 16.8. The zero-order valence-corrected chi connectivity index (χ0v) is 17.6. The van der Waals surface area contributed by atoms with E-state index < -0.39 is 10.0 Å². The Morgan fingerprint density at radius 1 is 1.18 bits per heavy atom. The van der Waals surface area contributed by atoms with Crippen LogP contribution in [0.25, 0.3) is 0 Å². The molecule has 2 aromatic carbocycles. The number of hydrogen-bond donors (Lipinski definition) is 1. The minimum absolute atomic E-state index is 0.0990. The van der Waals surface area contributed by atoms with Gasteiger partial charge in [0.25, 0.3) is 0 Å². The molecule has 0 aliphatic rings. The van der Waals surface area contributed by atoms with E-state index in [0.29, 0.717) is 17.9 Å². The van der Waals surface area contributed by atoms with Crippen LogP contribution in [0.15, 0.2) is 48.5 Å². The predicted molar refractivity (Wildman–Crippen MR) is 112 cm³/mol. The Hall–Kier alpha value is -2.54. The second-order valence-electron chi connectivity index (χ2n) is 6.79. The lowest BCUT2D eigenvalue weighted by Crippen LogP contribution is -2.32. The predicted octanol–water partition coefficient (Wildman–Crippen LogP) is 3.43. The monoisotopic (exact) mass is 404 g/mol. The molecule has 0 aliphatic heterocycles. The van der Waals surface area contributed by atoms with Crippen molar-refractivity contribution in [1.82, 2.24) is 5.32 Å². The number of benzene rings is 2. The van der Waals surface area contributed by atoms with E-state index in [2.05, 4.69) is 5.32 Å². The van der Waals surface area contributed by atoms with E-state index in [4.69, 9.17) is 4.74 Å². The third-order valence-corrected chi connectivity index (χ3v) is 5.73. The van der Waals surface area contributed by atoms with Crippen molar-refractivity contribution in [3.63, 3.8) is 0 Å². The third-order valence-electron chi connectivity index (χ3n) is 4.54. The summed E-state index contributed by atoms with van der Waals surface area (Å²) in [5.74, 6) is 0.478. The van der Waals surface area contributed by atoms with Gasteiger partial charge in [0.1, 0.15) is 5.75 Å². The summed E-state index contributed by atoms with van der Waals surface area (Å²) in [6.45, 7) is 4.17. The van der Waals surface area contributed by atoms with Crippen molar-refractivity contribution in [1.29, 1.82) is 0 Å². The molecule has 7 heteroatoms. The van der Waals surface area contributed by atoms with Crippen molar-refractivity contribution in [3.05, 3.63) is 59.7 Å². The van der Waals surface area contributed by atoms with Crippen molar-refractivity contribution >= 4 is 21.6 Å². The summed E-state index contributed by atoms with van der Waals surface area (Å²) in [6.07, 6.45) is 1.82. The average Bonchev–Trinajstić information content (AvgIpc) is 2.64. The van der Waals surface area contributed by atoms with Gasteiger partial charge in [-0.2, -0.15) is 0 Å². The molecule has 0 radical (unpaired) electrons. The Bertz CT molecular complexity index is 912. The van der Waals surface area contributed by atoms with Crippen LogP contribution in [0.3, 0.4) is 0 Å². The lowest BCUT2D eigenvalue weighted by Gasteiger charge is -2.23. The Kier molecular flexibility index (Phi) is 7.45. The molecule has 28 heavy (non-hydrogen) atoms. The Labute approximate surface area is 167 Å². The Morgan fingerprint density at radius 2 is 1.89 bits per heavy atom.